The summed E-state index contributed by atoms with van der Waals surface area (Å²) in [5.74, 6) is -2.23. The highest BCUT2D eigenvalue weighted by molar-refractivity contribution is 7.47. The lowest BCUT2D eigenvalue weighted by Gasteiger charge is -2.21. The molecule has 17 nitrogen and oxygen atoms in total. The molecule has 0 radical (unpaired) electrons. The van der Waals surface area contributed by atoms with Crippen molar-refractivity contribution >= 4 is 39.5 Å². The minimum absolute atomic E-state index is 0.0714. The van der Waals surface area contributed by atoms with Crippen molar-refractivity contribution in [3.05, 3.63) is 158 Å². The van der Waals surface area contributed by atoms with Gasteiger partial charge in [0.1, 0.15) is 19.3 Å². The van der Waals surface area contributed by atoms with E-state index in [1.165, 1.54) is 19.3 Å². The zero-order valence-electron chi connectivity index (χ0n) is 68.9. The van der Waals surface area contributed by atoms with Gasteiger partial charge in [-0.15, -0.1) is 0 Å². The van der Waals surface area contributed by atoms with Gasteiger partial charge in [-0.25, -0.2) is 9.13 Å². The molecule has 0 aliphatic heterocycles. The molecule has 0 aromatic heterocycles. The summed E-state index contributed by atoms with van der Waals surface area (Å²) < 4.78 is 68.8. The second-order valence-corrected chi connectivity index (χ2v) is 30.9. The molecule has 5 unspecified atom stereocenters. The van der Waals surface area contributed by atoms with Crippen molar-refractivity contribution in [1.29, 1.82) is 0 Å². The van der Waals surface area contributed by atoms with Crippen molar-refractivity contribution in [2.75, 3.05) is 39.6 Å². The number of ether oxygens (including phenoxy) is 4. The number of aliphatic hydroxyl groups excluding tert-OH is 1. The van der Waals surface area contributed by atoms with Crippen molar-refractivity contribution in [1.82, 2.24) is 0 Å². The Hall–Kier alpha value is -5.32. The summed E-state index contributed by atoms with van der Waals surface area (Å²) in [5.41, 5.74) is 0. The van der Waals surface area contributed by atoms with Crippen molar-refractivity contribution in [2.24, 2.45) is 0 Å². The molecule has 0 aliphatic carbocycles. The van der Waals surface area contributed by atoms with Crippen LogP contribution in [-0.2, 0) is 65.4 Å². The lowest BCUT2D eigenvalue weighted by Crippen LogP contribution is -2.30. The number of carbonyl (C=O) groups is 4. The lowest BCUT2D eigenvalue weighted by atomic mass is 10.1. The summed E-state index contributed by atoms with van der Waals surface area (Å²) in [4.78, 5) is 73.3. The highest BCUT2D eigenvalue weighted by atomic mass is 31.2. The minimum atomic E-state index is -5.00. The van der Waals surface area contributed by atoms with Gasteiger partial charge in [0.25, 0.3) is 0 Å². The van der Waals surface area contributed by atoms with Gasteiger partial charge in [-0.1, -0.05) is 301 Å². The number of esters is 4. The summed E-state index contributed by atoms with van der Waals surface area (Å²) in [7, 11) is -9.99. The zero-order valence-corrected chi connectivity index (χ0v) is 70.7. The van der Waals surface area contributed by atoms with E-state index >= 15 is 0 Å². The van der Waals surface area contributed by atoms with Crippen LogP contribution in [-0.4, -0.2) is 96.7 Å². The quantitative estimate of drug-likeness (QED) is 0.0169. The first-order valence-electron chi connectivity index (χ1n) is 42.7. The maximum absolute atomic E-state index is 13.1. The number of rotatable bonds is 79. The molecule has 0 saturated carbocycles. The Morgan fingerprint density at radius 1 is 0.264 bits per heavy atom. The maximum atomic E-state index is 13.1. The first kappa shape index (κ1) is 105. The smallest absolute Gasteiger partial charge is 0.462 e. The average molecular weight is 1580 g/mol. The molecule has 0 bridgehead atoms. The van der Waals surface area contributed by atoms with E-state index in [4.69, 9.17) is 37.0 Å². The first-order chi connectivity index (χ1) is 53.7. The van der Waals surface area contributed by atoms with E-state index in [1.807, 2.05) is 0 Å². The molecule has 0 amide bonds. The van der Waals surface area contributed by atoms with Crippen molar-refractivity contribution in [3.63, 3.8) is 0 Å². The summed E-state index contributed by atoms with van der Waals surface area (Å²) in [6.45, 7) is 4.48. The SMILES string of the molecule is CC/C=C\C/C=C\C/C=C\C/C=C\CCCCCCCCC(=O)OCC(COP(=O)(O)OCC(O)COP(=O)(O)OCC(COC(=O)CCCCCCCC/C=C\C/C=C\C/C=C\C/C=C\CC)OC(=O)CCCCCCCCC/C=C\C/C=C\C/C=C\CC)OC(=O)CCCCCCC/C=C\C/C=C\CCCCC. The third kappa shape index (κ3) is 80.7. The van der Waals surface area contributed by atoms with Crippen LogP contribution in [0.15, 0.2) is 158 Å². The molecule has 5 atom stereocenters. The molecule has 0 fully saturated rings. The number of carbonyl (C=O) groups excluding carboxylic acids is 4. The van der Waals surface area contributed by atoms with Crippen LogP contribution in [0.5, 0.6) is 0 Å². The normalized spacial score (nSPS) is 14.6. The van der Waals surface area contributed by atoms with Gasteiger partial charge in [0.2, 0.25) is 0 Å². The van der Waals surface area contributed by atoms with Crippen LogP contribution in [0, 0.1) is 0 Å². The number of hydrogen-bond donors (Lipinski definition) is 3. The number of unbranched alkanes of at least 4 members (excludes halogenated alkanes) is 27. The fourth-order valence-electron chi connectivity index (χ4n) is 11.1. The van der Waals surface area contributed by atoms with Crippen LogP contribution in [0.3, 0.4) is 0 Å². The second kappa shape index (κ2) is 81.7. The molecule has 0 aliphatic rings. The molecular weight excluding hydrogens is 1430 g/mol. The van der Waals surface area contributed by atoms with Gasteiger partial charge >= 0.3 is 39.5 Å². The average Bonchev–Trinajstić information content (AvgIpc) is 0.899. The topological polar surface area (TPSA) is 237 Å². The van der Waals surface area contributed by atoms with E-state index in [9.17, 15) is 43.2 Å². The van der Waals surface area contributed by atoms with Gasteiger partial charge in [0.15, 0.2) is 12.2 Å². The van der Waals surface area contributed by atoms with Crippen molar-refractivity contribution < 1.29 is 80.2 Å². The monoisotopic (exact) mass is 1580 g/mol. The molecule has 0 aromatic rings. The van der Waals surface area contributed by atoms with Crippen LogP contribution in [0.25, 0.3) is 0 Å². The summed E-state index contributed by atoms with van der Waals surface area (Å²) in [6.07, 6.45) is 96.2. The predicted octanol–water partition coefficient (Wildman–Crippen LogP) is 25.6. The van der Waals surface area contributed by atoms with Crippen molar-refractivity contribution in [2.45, 2.75) is 354 Å². The Morgan fingerprint density at radius 2 is 0.473 bits per heavy atom. The number of hydrogen-bond acceptors (Lipinski definition) is 15. The van der Waals surface area contributed by atoms with Crippen LogP contribution in [0.1, 0.15) is 336 Å². The second-order valence-electron chi connectivity index (χ2n) is 28.0. The Kier molecular flexibility index (Phi) is 77.7. The van der Waals surface area contributed by atoms with Gasteiger partial charge in [0, 0.05) is 25.7 Å². The van der Waals surface area contributed by atoms with Gasteiger partial charge in [-0.3, -0.25) is 37.3 Å². The van der Waals surface area contributed by atoms with Gasteiger partial charge in [0.05, 0.1) is 26.4 Å². The van der Waals surface area contributed by atoms with E-state index in [2.05, 4.69) is 186 Å². The third-order valence-electron chi connectivity index (χ3n) is 17.5. The predicted molar refractivity (Wildman–Crippen MR) is 454 cm³/mol. The minimum Gasteiger partial charge on any atom is -0.462 e. The number of allylic oxidation sites excluding steroid dienone is 26. The molecule has 0 aromatic carbocycles. The molecular formula is C91H152O17P2. The van der Waals surface area contributed by atoms with Gasteiger partial charge < -0.3 is 33.8 Å². The Balaban J connectivity index is 5.42. The first-order valence-corrected chi connectivity index (χ1v) is 45.7. The molecule has 19 heteroatoms. The fraction of sp³-hybridized carbons (Fsp3) is 0.670. The van der Waals surface area contributed by atoms with Crippen molar-refractivity contribution in [3.8, 4) is 0 Å². The number of aliphatic hydroxyl groups is 1. The van der Waals surface area contributed by atoms with E-state index < -0.39 is 97.5 Å². The molecule has 0 spiro atoms. The Bertz CT molecular complexity index is 2700. The van der Waals surface area contributed by atoms with Gasteiger partial charge in [-0.05, 0) is 167 Å². The van der Waals surface area contributed by atoms with Crippen LogP contribution in [0.2, 0.25) is 0 Å². The van der Waals surface area contributed by atoms with E-state index in [1.54, 1.807) is 0 Å². The third-order valence-corrected chi connectivity index (χ3v) is 19.4. The number of phosphoric ester groups is 2. The van der Waals surface area contributed by atoms with E-state index in [-0.39, 0.29) is 25.7 Å². The van der Waals surface area contributed by atoms with Crippen LogP contribution >= 0.6 is 15.6 Å². The Labute approximate surface area is 668 Å². The summed E-state index contributed by atoms with van der Waals surface area (Å²) >= 11 is 0. The largest absolute Gasteiger partial charge is 0.472 e. The summed E-state index contributed by atoms with van der Waals surface area (Å²) in [6, 6.07) is 0. The zero-order chi connectivity index (χ0) is 80.3. The summed E-state index contributed by atoms with van der Waals surface area (Å²) in [5, 5.41) is 10.7. The Morgan fingerprint density at radius 3 is 0.727 bits per heavy atom. The van der Waals surface area contributed by atoms with Crippen LogP contribution < -0.4 is 0 Å². The molecule has 0 rings (SSSR count). The standard InChI is InChI=1S/C91H152O17P2/c1-5-9-13-17-21-25-29-33-37-40-42-45-48-51-55-59-63-67-71-75-88(93)101-81-86(107-90(95)77-73-69-65-61-57-53-47-36-32-28-24-20-16-12-8-4)83-105-109(97,98)103-79-85(92)80-104-110(99,100)106-84-87(108-91(96)78-74-70-66-62-58-54-50-44-39-35-31-27-23-19-15-11-7-3)82-102-89(94)76-72-68-64-60-56-52-49-46-43-41-38-34-30-26-22-18-14-10-6-2/h9-11,13-15,21-28,33-39,42-43,45-47,85-87,92H,5-8,12,16-20,29-32,40-41,44,48-84H2,1-4H3,(H,97,98)(H,99,100)/b13-9-,14-10-,15-11-,25-21-,26-22-,27-23-,28-24-,37-33-,38-34-,39-35-,45-42-,46-43-,47-36-. The van der Waals surface area contributed by atoms with E-state index in [0.717, 1.165) is 238 Å². The highest BCUT2D eigenvalue weighted by Crippen LogP contribution is 2.45. The molecule has 0 heterocycles. The lowest BCUT2D eigenvalue weighted by molar-refractivity contribution is -0.161. The molecule has 110 heavy (non-hydrogen) atoms. The van der Waals surface area contributed by atoms with Crippen LogP contribution in [0.4, 0.5) is 0 Å². The van der Waals surface area contributed by atoms with Gasteiger partial charge in [-0.2, -0.15) is 0 Å². The van der Waals surface area contributed by atoms with E-state index in [0.29, 0.717) is 25.7 Å². The number of phosphoric acid groups is 2. The highest BCUT2D eigenvalue weighted by Gasteiger charge is 2.30. The molecule has 3 N–H and O–H groups in total. The fourth-order valence-corrected chi connectivity index (χ4v) is 12.7. The molecule has 0 saturated heterocycles. The maximum Gasteiger partial charge on any atom is 0.472 e. The molecule has 628 valence electrons.